The lowest BCUT2D eigenvalue weighted by Crippen LogP contribution is -2.38. The Bertz CT molecular complexity index is 386. The predicted octanol–water partition coefficient (Wildman–Crippen LogP) is 3.80. The van der Waals surface area contributed by atoms with Gasteiger partial charge >= 0.3 is 6.18 Å². The van der Waals surface area contributed by atoms with E-state index in [-0.39, 0.29) is 18.9 Å². The zero-order valence-corrected chi connectivity index (χ0v) is 10.4. The molecule has 2 atom stereocenters. The Hall–Kier alpha value is -0.970. The number of furan rings is 1. The van der Waals surface area contributed by atoms with Gasteiger partial charge in [0.15, 0.2) is 0 Å². The summed E-state index contributed by atoms with van der Waals surface area (Å²) in [5, 5.41) is 3.16. The van der Waals surface area contributed by atoms with Crippen LogP contribution in [0.3, 0.4) is 0 Å². The van der Waals surface area contributed by atoms with Crippen LogP contribution in [0.1, 0.15) is 37.2 Å². The van der Waals surface area contributed by atoms with Crippen LogP contribution in [0.25, 0.3) is 0 Å². The lowest BCUT2D eigenvalue weighted by Gasteiger charge is -2.30. The van der Waals surface area contributed by atoms with Crippen LogP contribution >= 0.6 is 0 Å². The van der Waals surface area contributed by atoms with Gasteiger partial charge in [-0.15, -0.1) is 0 Å². The van der Waals surface area contributed by atoms with Gasteiger partial charge in [0.1, 0.15) is 11.5 Å². The van der Waals surface area contributed by atoms with Crippen molar-refractivity contribution in [1.82, 2.24) is 5.32 Å². The predicted molar refractivity (Wildman–Crippen MR) is 62.1 cm³/mol. The molecule has 0 aliphatic heterocycles. The van der Waals surface area contributed by atoms with E-state index in [1.165, 1.54) is 0 Å². The van der Waals surface area contributed by atoms with E-state index < -0.39 is 12.1 Å². The van der Waals surface area contributed by atoms with Crippen LogP contribution in [0.5, 0.6) is 0 Å². The highest BCUT2D eigenvalue weighted by Crippen LogP contribution is 2.37. The first-order valence-electron chi connectivity index (χ1n) is 6.30. The number of rotatable bonds is 3. The molecule has 0 bridgehead atoms. The maximum Gasteiger partial charge on any atom is 0.391 e. The van der Waals surface area contributed by atoms with Crippen LogP contribution in [-0.2, 0) is 6.54 Å². The largest absolute Gasteiger partial charge is 0.465 e. The summed E-state index contributed by atoms with van der Waals surface area (Å²) in [7, 11) is 0. The fraction of sp³-hybridized carbons (Fsp3) is 0.692. The van der Waals surface area contributed by atoms with E-state index in [1.807, 2.05) is 19.1 Å². The van der Waals surface area contributed by atoms with Crippen molar-refractivity contribution in [3.8, 4) is 0 Å². The number of nitrogens with one attached hydrogen (secondary N) is 1. The second kappa shape index (κ2) is 5.34. The highest BCUT2D eigenvalue weighted by molar-refractivity contribution is 5.05. The summed E-state index contributed by atoms with van der Waals surface area (Å²) < 4.78 is 43.3. The Balaban J connectivity index is 1.83. The van der Waals surface area contributed by atoms with E-state index in [0.29, 0.717) is 13.0 Å². The molecule has 5 heteroatoms. The van der Waals surface area contributed by atoms with Crippen molar-refractivity contribution in [3.05, 3.63) is 23.7 Å². The Morgan fingerprint density at radius 2 is 2.11 bits per heavy atom. The molecule has 18 heavy (non-hydrogen) atoms. The van der Waals surface area contributed by atoms with E-state index in [2.05, 4.69) is 5.32 Å². The molecule has 1 aromatic heterocycles. The zero-order valence-electron chi connectivity index (χ0n) is 10.4. The molecule has 1 aromatic rings. The van der Waals surface area contributed by atoms with Crippen molar-refractivity contribution in [1.29, 1.82) is 0 Å². The zero-order chi connectivity index (χ0) is 13.2. The molecule has 0 aromatic carbocycles. The third-order valence-corrected chi connectivity index (χ3v) is 3.50. The molecule has 0 amide bonds. The van der Waals surface area contributed by atoms with Crippen molar-refractivity contribution in [3.63, 3.8) is 0 Å². The molecule has 2 unspecified atom stereocenters. The first-order valence-corrected chi connectivity index (χ1v) is 6.30. The van der Waals surface area contributed by atoms with Crippen molar-refractivity contribution in [2.24, 2.45) is 5.92 Å². The maximum atomic E-state index is 12.6. The van der Waals surface area contributed by atoms with Gasteiger partial charge < -0.3 is 9.73 Å². The molecule has 2 rings (SSSR count). The third kappa shape index (κ3) is 3.51. The SMILES string of the molecule is Cc1ccc(CNC2CCCC(C(F)(F)F)C2)o1. The molecule has 1 aliphatic rings. The summed E-state index contributed by atoms with van der Waals surface area (Å²) in [5.41, 5.74) is 0. The minimum absolute atomic E-state index is 0.0595. The van der Waals surface area contributed by atoms with Crippen LogP contribution < -0.4 is 5.32 Å². The summed E-state index contributed by atoms with van der Waals surface area (Å²) in [5.74, 6) is 0.451. The molecule has 1 N–H and O–H groups in total. The van der Waals surface area contributed by atoms with E-state index in [4.69, 9.17) is 4.42 Å². The second-order valence-electron chi connectivity index (χ2n) is 5.00. The summed E-state index contributed by atoms with van der Waals surface area (Å²) in [4.78, 5) is 0. The molecule has 1 saturated carbocycles. The van der Waals surface area contributed by atoms with E-state index in [9.17, 15) is 13.2 Å². The minimum Gasteiger partial charge on any atom is -0.465 e. The summed E-state index contributed by atoms with van der Waals surface area (Å²) in [6.07, 6.45) is -2.16. The van der Waals surface area contributed by atoms with Crippen molar-refractivity contribution in [2.45, 2.75) is 51.4 Å². The van der Waals surface area contributed by atoms with Gasteiger partial charge in [0.2, 0.25) is 0 Å². The van der Waals surface area contributed by atoms with Crippen molar-refractivity contribution < 1.29 is 17.6 Å². The van der Waals surface area contributed by atoms with Crippen LogP contribution in [0, 0.1) is 12.8 Å². The molecular weight excluding hydrogens is 243 g/mol. The van der Waals surface area contributed by atoms with Gasteiger partial charge in [-0.2, -0.15) is 13.2 Å². The normalized spacial score (nSPS) is 25.3. The Kier molecular flexibility index (Phi) is 4.00. The van der Waals surface area contributed by atoms with Gasteiger partial charge in [0.05, 0.1) is 12.5 Å². The van der Waals surface area contributed by atoms with Crippen LogP contribution in [-0.4, -0.2) is 12.2 Å². The molecule has 2 nitrogen and oxygen atoms in total. The molecule has 102 valence electrons. The first-order chi connectivity index (χ1) is 8.45. The van der Waals surface area contributed by atoms with Crippen molar-refractivity contribution >= 4 is 0 Å². The second-order valence-corrected chi connectivity index (χ2v) is 5.00. The molecule has 1 aliphatic carbocycles. The number of aryl methyl sites for hydroxylation is 1. The van der Waals surface area contributed by atoms with Crippen LogP contribution in [0.15, 0.2) is 16.5 Å². The molecule has 1 fully saturated rings. The van der Waals surface area contributed by atoms with E-state index in [0.717, 1.165) is 17.9 Å². The summed E-state index contributed by atoms with van der Waals surface area (Å²) >= 11 is 0. The van der Waals surface area contributed by atoms with Gasteiger partial charge in [0.25, 0.3) is 0 Å². The number of hydrogen-bond donors (Lipinski definition) is 1. The molecular formula is C13H18F3NO. The molecule has 0 radical (unpaired) electrons. The van der Waals surface area contributed by atoms with E-state index in [1.54, 1.807) is 0 Å². The lowest BCUT2D eigenvalue weighted by molar-refractivity contribution is -0.183. The van der Waals surface area contributed by atoms with Crippen molar-refractivity contribution in [2.75, 3.05) is 0 Å². The van der Waals surface area contributed by atoms with Crippen LogP contribution in [0.4, 0.5) is 13.2 Å². The number of alkyl halides is 3. The fourth-order valence-corrected chi connectivity index (χ4v) is 2.50. The molecule has 0 spiro atoms. The average molecular weight is 261 g/mol. The highest BCUT2D eigenvalue weighted by atomic mass is 19.4. The standard InChI is InChI=1S/C13H18F3NO/c1-9-5-6-12(18-9)8-17-11-4-2-3-10(7-11)13(14,15)16/h5-6,10-11,17H,2-4,7-8H2,1H3. The quantitative estimate of drug-likeness (QED) is 0.895. The Morgan fingerprint density at radius 1 is 1.33 bits per heavy atom. The summed E-state index contributed by atoms with van der Waals surface area (Å²) in [6.45, 7) is 2.35. The Labute approximate surface area is 105 Å². The fourth-order valence-electron chi connectivity index (χ4n) is 2.50. The third-order valence-electron chi connectivity index (χ3n) is 3.50. The van der Waals surface area contributed by atoms with E-state index >= 15 is 0 Å². The van der Waals surface area contributed by atoms with Gasteiger partial charge in [-0.1, -0.05) is 6.42 Å². The topological polar surface area (TPSA) is 25.2 Å². The van der Waals surface area contributed by atoms with Gasteiger partial charge in [-0.3, -0.25) is 0 Å². The monoisotopic (exact) mass is 261 g/mol. The lowest BCUT2D eigenvalue weighted by atomic mass is 9.85. The molecule has 1 heterocycles. The highest BCUT2D eigenvalue weighted by Gasteiger charge is 2.41. The van der Waals surface area contributed by atoms with Gasteiger partial charge in [0, 0.05) is 6.04 Å². The van der Waals surface area contributed by atoms with Gasteiger partial charge in [-0.05, 0) is 38.3 Å². The number of halogens is 3. The Morgan fingerprint density at radius 3 is 2.72 bits per heavy atom. The smallest absolute Gasteiger partial charge is 0.391 e. The van der Waals surface area contributed by atoms with Gasteiger partial charge in [-0.25, -0.2) is 0 Å². The summed E-state index contributed by atoms with van der Waals surface area (Å²) in [6, 6.07) is 3.65. The molecule has 0 saturated heterocycles. The maximum absolute atomic E-state index is 12.6. The average Bonchev–Trinajstić information content (AvgIpc) is 2.72. The number of hydrogen-bond acceptors (Lipinski definition) is 2. The van der Waals surface area contributed by atoms with Crippen LogP contribution in [0.2, 0.25) is 0 Å². The first kappa shape index (κ1) is 13.5. The minimum atomic E-state index is -4.05.